The van der Waals surface area contributed by atoms with Gasteiger partial charge in [-0.1, -0.05) is 54.1 Å². The number of urea groups is 1. The molecule has 4 N–H and O–H groups in total. The highest BCUT2D eigenvalue weighted by Gasteiger charge is 2.47. The highest BCUT2D eigenvalue weighted by Crippen LogP contribution is 2.41. The third-order valence-electron chi connectivity index (χ3n) is 9.43. The van der Waals surface area contributed by atoms with Crippen LogP contribution in [0.5, 0.6) is 5.75 Å². The topological polar surface area (TPSA) is 120 Å². The number of carbonyl (C=O) groups is 3. The second kappa shape index (κ2) is 15.1. The molecule has 2 fully saturated rings. The molecule has 1 saturated carbocycles. The molecule has 9 nitrogen and oxygen atoms in total. The third-order valence-corrected chi connectivity index (χ3v) is 9.80. The largest absolute Gasteiger partial charge is 0.488 e. The number of fused-ring (bicyclic) bond motifs is 2. The predicted molar refractivity (Wildman–Crippen MR) is 181 cm³/mol. The molecule has 0 radical (unpaired) electrons. The van der Waals surface area contributed by atoms with Gasteiger partial charge in [-0.05, 0) is 79.0 Å². The molecule has 264 valence electrons. The van der Waals surface area contributed by atoms with E-state index in [0.717, 1.165) is 41.2 Å². The van der Waals surface area contributed by atoms with Gasteiger partial charge in [-0.15, -0.1) is 0 Å². The number of hydrogen-bond donors (Lipinski definition) is 4. The summed E-state index contributed by atoms with van der Waals surface area (Å²) in [5.41, 5.74) is 3.77. The molecule has 0 aromatic heterocycles. The summed E-state index contributed by atoms with van der Waals surface area (Å²) in [7, 11) is 0. The number of aryl methyl sites for hydroxylation is 1. The standard InChI is InChI=1S/C37H38ClF3N4O5/c38-27-6-2-1-5-24(27)19-37(14-15-37)44-35(48)32-26(18-25-20-45(21-30(32)43-25)36(49)42-16-13-31(46)47)23-9-7-22(8-10-23)4-3-17-50-34-29(40)12-11-28(39)33(34)41/h1-2,5-12,25,30,43H,3-4,13-21H2,(H,42,49)(H,44,48)(H,46,47)/t25-,30-/m1/s1. The Bertz CT molecular complexity index is 1800. The van der Waals surface area contributed by atoms with Crippen molar-refractivity contribution in [3.05, 3.63) is 105 Å². The number of hydrogen-bond acceptors (Lipinski definition) is 5. The molecule has 2 aliphatic heterocycles. The van der Waals surface area contributed by atoms with Gasteiger partial charge in [-0.2, -0.15) is 4.39 Å². The van der Waals surface area contributed by atoms with Gasteiger partial charge in [-0.3, -0.25) is 9.59 Å². The minimum absolute atomic E-state index is 0.00345. The molecule has 2 bridgehead atoms. The zero-order chi connectivity index (χ0) is 35.4. The molecule has 13 heteroatoms. The van der Waals surface area contributed by atoms with E-state index in [1.165, 1.54) is 0 Å². The van der Waals surface area contributed by atoms with Crippen molar-refractivity contribution in [2.45, 2.75) is 62.6 Å². The maximum atomic E-state index is 14.2. The molecule has 2 atom stereocenters. The summed E-state index contributed by atoms with van der Waals surface area (Å²) in [6.07, 6.45) is 3.46. The van der Waals surface area contributed by atoms with E-state index in [-0.39, 0.29) is 44.1 Å². The van der Waals surface area contributed by atoms with Crippen LogP contribution in [0.25, 0.3) is 5.57 Å². The molecule has 3 amide bonds. The van der Waals surface area contributed by atoms with Gasteiger partial charge in [0, 0.05) is 41.8 Å². The molecule has 3 aromatic carbocycles. The lowest BCUT2D eigenvalue weighted by Crippen LogP contribution is -2.63. The summed E-state index contributed by atoms with van der Waals surface area (Å²) in [6.45, 7) is 0.599. The van der Waals surface area contributed by atoms with Crippen LogP contribution in [-0.4, -0.2) is 71.8 Å². The Kier molecular flexibility index (Phi) is 10.7. The van der Waals surface area contributed by atoms with Crippen molar-refractivity contribution in [2.75, 3.05) is 26.2 Å². The number of amides is 3. The van der Waals surface area contributed by atoms with Gasteiger partial charge in [0.1, 0.15) is 0 Å². The van der Waals surface area contributed by atoms with Crippen LogP contribution in [0.1, 0.15) is 48.8 Å². The van der Waals surface area contributed by atoms with Crippen LogP contribution in [0.3, 0.4) is 0 Å². The molecule has 3 aliphatic rings. The lowest BCUT2D eigenvalue weighted by atomic mass is 9.82. The Hall–Kier alpha value is -4.55. The normalized spacial score (nSPS) is 19.2. The lowest BCUT2D eigenvalue weighted by molar-refractivity contribution is -0.136. The molecule has 0 spiro atoms. The van der Waals surface area contributed by atoms with Crippen LogP contribution in [0.15, 0.2) is 66.2 Å². The van der Waals surface area contributed by atoms with Gasteiger partial charge in [0.2, 0.25) is 11.7 Å². The summed E-state index contributed by atoms with van der Waals surface area (Å²) in [5, 5.41) is 19.1. The van der Waals surface area contributed by atoms with E-state index in [4.69, 9.17) is 21.4 Å². The maximum absolute atomic E-state index is 14.2. The fourth-order valence-corrected chi connectivity index (χ4v) is 6.92. The summed E-state index contributed by atoms with van der Waals surface area (Å²) in [4.78, 5) is 39.8. The van der Waals surface area contributed by atoms with Gasteiger partial charge in [0.15, 0.2) is 17.4 Å². The Morgan fingerprint density at radius 2 is 1.74 bits per heavy atom. The quantitative estimate of drug-likeness (QED) is 0.135. The van der Waals surface area contributed by atoms with Crippen LogP contribution in [0, 0.1) is 17.5 Å². The van der Waals surface area contributed by atoms with Crippen molar-refractivity contribution >= 4 is 35.1 Å². The highest BCUT2D eigenvalue weighted by atomic mass is 35.5. The fourth-order valence-electron chi connectivity index (χ4n) is 6.71. The number of piperazine rings is 1. The lowest BCUT2D eigenvalue weighted by Gasteiger charge is -2.44. The van der Waals surface area contributed by atoms with Gasteiger partial charge in [0.05, 0.1) is 19.1 Å². The number of aliphatic carboxylic acids is 1. The van der Waals surface area contributed by atoms with E-state index < -0.39 is 40.8 Å². The maximum Gasteiger partial charge on any atom is 0.317 e. The number of ether oxygens (including phenoxy) is 1. The predicted octanol–water partition coefficient (Wildman–Crippen LogP) is 5.64. The van der Waals surface area contributed by atoms with Crippen molar-refractivity contribution in [3.8, 4) is 5.75 Å². The number of halogens is 4. The molecular formula is C37H38ClF3N4O5. The molecule has 50 heavy (non-hydrogen) atoms. The zero-order valence-corrected chi connectivity index (χ0v) is 28.0. The van der Waals surface area contributed by atoms with Crippen molar-refractivity contribution in [1.29, 1.82) is 0 Å². The van der Waals surface area contributed by atoms with Crippen LogP contribution in [0.2, 0.25) is 5.02 Å². The Balaban J connectivity index is 1.19. The van der Waals surface area contributed by atoms with E-state index in [2.05, 4.69) is 16.0 Å². The molecule has 1 saturated heterocycles. The van der Waals surface area contributed by atoms with Crippen LogP contribution in [-0.2, 0) is 22.4 Å². The van der Waals surface area contributed by atoms with Crippen molar-refractivity contribution in [2.24, 2.45) is 0 Å². The SMILES string of the molecule is O=C(O)CCNC(=O)N1C[C@H]2CC(c3ccc(CCCOc4c(F)ccc(F)c4F)cc3)=C(C(=O)NC3(Cc4ccccc4Cl)CC3)[C@@H](C1)N2. The van der Waals surface area contributed by atoms with Crippen LogP contribution in [0.4, 0.5) is 18.0 Å². The second-order valence-electron chi connectivity index (χ2n) is 13.1. The Morgan fingerprint density at radius 1 is 1.00 bits per heavy atom. The summed E-state index contributed by atoms with van der Waals surface area (Å²) >= 11 is 6.46. The monoisotopic (exact) mass is 710 g/mol. The number of carbonyl (C=O) groups excluding carboxylic acids is 2. The fraction of sp³-hybridized carbons (Fsp3) is 0.378. The summed E-state index contributed by atoms with van der Waals surface area (Å²) < 4.78 is 46.5. The molecule has 3 aromatic rings. The number of benzene rings is 3. The number of nitrogens with zero attached hydrogens (tertiary/aromatic N) is 1. The van der Waals surface area contributed by atoms with Crippen LogP contribution < -0.4 is 20.7 Å². The van der Waals surface area contributed by atoms with Crippen LogP contribution >= 0.6 is 11.6 Å². The minimum atomic E-state index is -1.35. The minimum Gasteiger partial charge on any atom is -0.488 e. The summed E-state index contributed by atoms with van der Waals surface area (Å²) in [6, 6.07) is 15.9. The molecule has 6 rings (SSSR count). The van der Waals surface area contributed by atoms with E-state index in [1.54, 1.807) is 4.90 Å². The van der Waals surface area contributed by atoms with E-state index in [0.29, 0.717) is 48.9 Å². The second-order valence-corrected chi connectivity index (χ2v) is 13.5. The number of carboxylic acids is 1. The Morgan fingerprint density at radius 3 is 2.46 bits per heavy atom. The molecule has 0 unspecified atom stereocenters. The van der Waals surface area contributed by atoms with Crippen molar-refractivity contribution in [3.63, 3.8) is 0 Å². The Labute approximate surface area is 292 Å². The van der Waals surface area contributed by atoms with E-state index in [9.17, 15) is 27.6 Å². The molecular weight excluding hydrogens is 673 g/mol. The first-order chi connectivity index (χ1) is 24.0. The van der Waals surface area contributed by atoms with E-state index in [1.807, 2.05) is 48.5 Å². The highest BCUT2D eigenvalue weighted by molar-refractivity contribution is 6.31. The van der Waals surface area contributed by atoms with Crippen molar-refractivity contribution in [1.82, 2.24) is 20.9 Å². The third kappa shape index (κ3) is 8.24. The van der Waals surface area contributed by atoms with Gasteiger partial charge < -0.3 is 30.7 Å². The van der Waals surface area contributed by atoms with Gasteiger partial charge in [-0.25, -0.2) is 13.6 Å². The first kappa shape index (κ1) is 35.3. The first-order valence-corrected chi connectivity index (χ1v) is 17.0. The molecule has 1 aliphatic carbocycles. The van der Waals surface area contributed by atoms with Gasteiger partial charge >= 0.3 is 12.0 Å². The first-order valence-electron chi connectivity index (χ1n) is 16.7. The van der Waals surface area contributed by atoms with Gasteiger partial charge in [0.25, 0.3) is 0 Å². The van der Waals surface area contributed by atoms with Crippen molar-refractivity contribution < 1.29 is 37.4 Å². The zero-order valence-electron chi connectivity index (χ0n) is 27.2. The average Bonchev–Trinajstić information content (AvgIpc) is 3.85. The number of rotatable bonds is 13. The number of nitrogens with one attached hydrogen (secondary N) is 3. The van der Waals surface area contributed by atoms with E-state index >= 15 is 0 Å². The smallest absolute Gasteiger partial charge is 0.317 e. The molecule has 2 heterocycles. The number of carboxylic acid groups (broad SMARTS) is 1. The average molecular weight is 711 g/mol. The summed E-state index contributed by atoms with van der Waals surface area (Å²) in [5.74, 6) is -5.45.